The van der Waals surface area contributed by atoms with Gasteiger partial charge in [0, 0.05) is 54.8 Å². The van der Waals surface area contributed by atoms with Crippen LogP contribution in [0.25, 0.3) is 0 Å². The average molecular weight is 544 g/mol. The monoisotopic (exact) mass is 543 g/mol. The zero-order chi connectivity index (χ0) is 28.6. The van der Waals surface area contributed by atoms with Gasteiger partial charge in [-0.2, -0.15) is 0 Å². The Morgan fingerprint density at radius 3 is 2.12 bits per heavy atom. The number of anilines is 3. The number of amides is 4. The van der Waals surface area contributed by atoms with E-state index in [1.807, 2.05) is 74.2 Å². The van der Waals surface area contributed by atoms with Crippen molar-refractivity contribution < 1.29 is 19.1 Å². The van der Waals surface area contributed by atoms with Crippen molar-refractivity contribution >= 4 is 34.9 Å². The first-order valence-electron chi connectivity index (χ1n) is 13.5. The Morgan fingerprint density at radius 1 is 0.875 bits per heavy atom. The molecule has 40 heavy (non-hydrogen) atoms. The summed E-state index contributed by atoms with van der Waals surface area (Å²) in [5.41, 5.74) is 4.08. The molecule has 0 atom stereocenters. The van der Waals surface area contributed by atoms with Crippen LogP contribution in [0.15, 0.2) is 72.8 Å². The molecule has 210 valence electrons. The summed E-state index contributed by atoms with van der Waals surface area (Å²) in [5, 5.41) is 5.86. The molecule has 0 spiro atoms. The third-order valence-corrected chi connectivity index (χ3v) is 6.90. The van der Waals surface area contributed by atoms with E-state index in [9.17, 15) is 14.4 Å². The molecular weight excluding hydrogens is 506 g/mol. The molecule has 4 amide bonds. The molecule has 4 rings (SSSR count). The van der Waals surface area contributed by atoms with Gasteiger partial charge in [-0.15, -0.1) is 0 Å². The normalized spacial score (nSPS) is 13.1. The summed E-state index contributed by atoms with van der Waals surface area (Å²) in [6.45, 7) is 8.36. The van der Waals surface area contributed by atoms with Crippen LogP contribution in [-0.2, 0) is 4.79 Å². The van der Waals surface area contributed by atoms with Gasteiger partial charge < -0.3 is 30.1 Å². The number of carbonyl (C=O) groups excluding carboxylic acids is 3. The Hall–Kier alpha value is -4.53. The molecule has 0 aromatic heterocycles. The molecule has 9 nitrogen and oxygen atoms in total. The molecule has 0 radical (unpaired) electrons. The van der Waals surface area contributed by atoms with Crippen LogP contribution in [0.2, 0.25) is 0 Å². The minimum atomic E-state index is -0.272. The summed E-state index contributed by atoms with van der Waals surface area (Å²) in [5.74, 6) is 0.0861. The summed E-state index contributed by atoms with van der Waals surface area (Å²) in [4.78, 5) is 44.1. The lowest BCUT2D eigenvalue weighted by Crippen LogP contribution is -2.50. The van der Waals surface area contributed by atoms with Crippen LogP contribution >= 0.6 is 0 Å². The summed E-state index contributed by atoms with van der Waals surface area (Å²) in [7, 11) is 1.55. The van der Waals surface area contributed by atoms with Gasteiger partial charge in [-0.1, -0.05) is 23.8 Å². The van der Waals surface area contributed by atoms with Crippen molar-refractivity contribution in [2.45, 2.75) is 26.8 Å². The lowest BCUT2D eigenvalue weighted by molar-refractivity contribution is -0.117. The fraction of sp³-hybridized carbons (Fsp3) is 0.323. The van der Waals surface area contributed by atoms with Crippen LogP contribution in [0.3, 0.4) is 0 Å². The van der Waals surface area contributed by atoms with E-state index in [4.69, 9.17) is 4.74 Å². The molecule has 1 saturated heterocycles. The van der Waals surface area contributed by atoms with Gasteiger partial charge in [0.05, 0.1) is 7.11 Å². The number of carbonyl (C=O) groups is 3. The van der Waals surface area contributed by atoms with E-state index in [0.717, 1.165) is 16.9 Å². The minimum absolute atomic E-state index is 0.0674. The number of urea groups is 1. The van der Waals surface area contributed by atoms with Gasteiger partial charge in [-0.3, -0.25) is 9.59 Å². The number of nitrogens with zero attached hydrogens (tertiary/aromatic N) is 3. The van der Waals surface area contributed by atoms with Crippen molar-refractivity contribution in [3.63, 3.8) is 0 Å². The quantitative estimate of drug-likeness (QED) is 0.424. The van der Waals surface area contributed by atoms with Gasteiger partial charge in [-0.05, 0) is 75.4 Å². The van der Waals surface area contributed by atoms with Crippen LogP contribution in [0, 0.1) is 6.92 Å². The van der Waals surface area contributed by atoms with Crippen molar-refractivity contribution in [1.29, 1.82) is 0 Å². The number of aryl methyl sites for hydroxylation is 1. The molecule has 1 fully saturated rings. The first-order chi connectivity index (χ1) is 19.2. The van der Waals surface area contributed by atoms with Gasteiger partial charge in [0.25, 0.3) is 5.91 Å². The smallest absolute Gasteiger partial charge is 0.321 e. The predicted octanol–water partition coefficient (Wildman–Crippen LogP) is 4.85. The molecule has 3 aromatic rings. The highest BCUT2D eigenvalue weighted by Gasteiger charge is 2.23. The summed E-state index contributed by atoms with van der Waals surface area (Å²) < 4.78 is 5.23. The van der Waals surface area contributed by atoms with Gasteiger partial charge in [-0.25, -0.2) is 4.79 Å². The van der Waals surface area contributed by atoms with E-state index < -0.39 is 0 Å². The summed E-state index contributed by atoms with van der Waals surface area (Å²) in [6, 6.07) is 22.0. The Bertz CT molecular complexity index is 1320. The Labute approximate surface area is 235 Å². The fourth-order valence-electron chi connectivity index (χ4n) is 4.53. The third kappa shape index (κ3) is 7.31. The zero-order valence-electron chi connectivity index (χ0n) is 23.5. The maximum absolute atomic E-state index is 13.1. The highest BCUT2D eigenvalue weighted by molar-refractivity contribution is 5.99. The van der Waals surface area contributed by atoms with Crippen molar-refractivity contribution in [2.24, 2.45) is 0 Å². The molecule has 0 saturated carbocycles. The van der Waals surface area contributed by atoms with E-state index in [2.05, 4.69) is 15.5 Å². The van der Waals surface area contributed by atoms with Gasteiger partial charge in [0.2, 0.25) is 5.91 Å². The number of rotatable bonds is 8. The number of piperazine rings is 1. The maximum Gasteiger partial charge on any atom is 0.321 e. The second kappa shape index (κ2) is 13.0. The van der Waals surface area contributed by atoms with Gasteiger partial charge >= 0.3 is 6.03 Å². The third-order valence-electron chi connectivity index (χ3n) is 6.90. The van der Waals surface area contributed by atoms with Crippen LogP contribution < -0.4 is 20.3 Å². The van der Waals surface area contributed by atoms with E-state index in [-0.39, 0.29) is 30.4 Å². The Kier molecular flexibility index (Phi) is 9.27. The minimum Gasteiger partial charge on any atom is -0.497 e. The number of nitrogens with one attached hydrogen (secondary N) is 2. The highest BCUT2D eigenvalue weighted by atomic mass is 16.5. The van der Waals surface area contributed by atoms with Crippen LogP contribution in [-0.4, -0.2) is 73.5 Å². The van der Waals surface area contributed by atoms with Crippen molar-refractivity contribution in [3.8, 4) is 5.75 Å². The molecule has 0 aliphatic carbocycles. The van der Waals surface area contributed by atoms with Crippen molar-refractivity contribution in [2.75, 3.05) is 55.4 Å². The molecule has 1 aliphatic rings. The van der Waals surface area contributed by atoms with E-state index in [0.29, 0.717) is 43.2 Å². The second-order valence-corrected chi connectivity index (χ2v) is 10.1. The van der Waals surface area contributed by atoms with Gasteiger partial charge in [0.15, 0.2) is 0 Å². The molecule has 0 bridgehead atoms. The van der Waals surface area contributed by atoms with Crippen molar-refractivity contribution in [3.05, 3.63) is 83.9 Å². The SMILES string of the molecule is COc1cccc(C(=O)N(CC(=O)Nc2ccc(N3CCN(C(=O)Nc4ccc(C)cc4)CC3)cc2)C(C)C)c1. The molecule has 9 heteroatoms. The van der Waals surface area contributed by atoms with Crippen LogP contribution in [0.4, 0.5) is 21.9 Å². The predicted molar refractivity (Wildman–Crippen MR) is 158 cm³/mol. The summed E-state index contributed by atoms with van der Waals surface area (Å²) >= 11 is 0. The van der Waals surface area contributed by atoms with E-state index in [1.54, 1.807) is 31.4 Å². The average Bonchev–Trinajstić information content (AvgIpc) is 2.97. The van der Waals surface area contributed by atoms with E-state index in [1.165, 1.54) is 4.90 Å². The van der Waals surface area contributed by atoms with Crippen LogP contribution in [0.1, 0.15) is 29.8 Å². The zero-order valence-corrected chi connectivity index (χ0v) is 23.5. The topological polar surface area (TPSA) is 94.2 Å². The number of ether oxygens (including phenoxy) is 1. The molecular formula is C31H37N5O4. The lowest BCUT2D eigenvalue weighted by atomic mass is 10.1. The number of hydrogen-bond acceptors (Lipinski definition) is 5. The number of benzene rings is 3. The Morgan fingerprint density at radius 2 is 1.50 bits per heavy atom. The highest BCUT2D eigenvalue weighted by Crippen LogP contribution is 2.21. The molecule has 1 heterocycles. The molecule has 2 N–H and O–H groups in total. The fourth-order valence-corrected chi connectivity index (χ4v) is 4.53. The standard InChI is InChI=1S/C31H37N5O4/c1-22(2)36(30(38)24-6-5-7-28(20-24)40-4)21-29(37)32-25-12-14-27(15-13-25)34-16-18-35(19-17-34)31(39)33-26-10-8-23(3)9-11-26/h5-15,20,22H,16-19,21H2,1-4H3,(H,32,37)(H,33,39). The lowest BCUT2D eigenvalue weighted by Gasteiger charge is -2.36. The first kappa shape index (κ1) is 28.5. The first-order valence-corrected chi connectivity index (χ1v) is 13.5. The van der Waals surface area contributed by atoms with Crippen molar-refractivity contribution in [1.82, 2.24) is 9.80 Å². The second-order valence-electron chi connectivity index (χ2n) is 10.1. The molecule has 1 aliphatic heterocycles. The molecule has 0 unspecified atom stereocenters. The number of hydrogen-bond donors (Lipinski definition) is 2. The largest absolute Gasteiger partial charge is 0.497 e. The summed E-state index contributed by atoms with van der Waals surface area (Å²) in [6.07, 6.45) is 0. The molecule has 3 aromatic carbocycles. The maximum atomic E-state index is 13.1. The van der Waals surface area contributed by atoms with E-state index >= 15 is 0 Å². The number of methoxy groups -OCH3 is 1. The van der Waals surface area contributed by atoms with Crippen LogP contribution in [0.5, 0.6) is 5.75 Å². The Balaban J connectivity index is 1.28. The van der Waals surface area contributed by atoms with Gasteiger partial charge in [0.1, 0.15) is 12.3 Å².